The molecule has 1 aliphatic rings. The van der Waals surface area contributed by atoms with Crippen LogP contribution in [0.4, 0.5) is 11.4 Å². The van der Waals surface area contributed by atoms with Gasteiger partial charge in [-0.25, -0.2) is 0 Å². The first-order valence-electron chi connectivity index (χ1n) is 7.21. The fourth-order valence-corrected chi connectivity index (χ4v) is 2.65. The first-order chi connectivity index (χ1) is 9.49. The zero-order valence-electron chi connectivity index (χ0n) is 12.7. The lowest BCUT2D eigenvalue weighted by Gasteiger charge is -2.39. The van der Waals surface area contributed by atoms with E-state index in [1.807, 2.05) is 18.2 Å². The molecule has 0 unspecified atom stereocenters. The summed E-state index contributed by atoms with van der Waals surface area (Å²) in [5.41, 5.74) is 1.74. The molecule has 0 aliphatic heterocycles. The number of methoxy groups -OCH3 is 1. The zero-order chi connectivity index (χ0) is 14.7. The van der Waals surface area contributed by atoms with Gasteiger partial charge in [0, 0.05) is 18.7 Å². The Morgan fingerprint density at radius 2 is 2.05 bits per heavy atom. The van der Waals surface area contributed by atoms with Crippen LogP contribution >= 0.6 is 0 Å². The summed E-state index contributed by atoms with van der Waals surface area (Å²) < 4.78 is 5.37. The van der Waals surface area contributed by atoms with Gasteiger partial charge in [-0.05, 0) is 42.9 Å². The molecule has 0 spiro atoms. The predicted octanol–water partition coefficient (Wildman–Crippen LogP) is 3.50. The summed E-state index contributed by atoms with van der Waals surface area (Å²) in [6, 6.07) is 6.17. The number of hydrogen-bond acceptors (Lipinski definition) is 3. The highest BCUT2D eigenvalue weighted by Gasteiger charge is 2.31. The van der Waals surface area contributed by atoms with E-state index in [9.17, 15) is 4.79 Å². The Balaban J connectivity index is 2.04. The van der Waals surface area contributed by atoms with E-state index in [-0.39, 0.29) is 5.91 Å². The number of carbonyl (C=O) groups excluding carboxylic acids is 1. The van der Waals surface area contributed by atoms with Gasteiger partial charge in [-0.15, -0.1) is 0 Å². The summed E-state index contributed by atoms with van der Waals surface area (Å²) in [6.45, 7) is 6.06. The minimum Gasteiger partial charge on any atom is -0.495 e. The molecule has 1 aromatic rings. The van der Waals surface area contributed by atoms with Gasteiger partial charge >= 0.3 is 0 Å². The Labute approximate surface area is 120 Å². The van der Waals surface area contributed by atoms with E-state index in [1.165, 1.54) is 19.8 Å². The first-order valence-corrected chi connectivity index (χ1v) is 7.21. The second kappa shape index (κ2) is 6.16. The van der Waals surface area contributed by atoms with Crippen molar-refractivity contribution in [1.29, 1.82) is 0 Å². The van der Waals surface area contributed by atoms with E-state index in [0.29, 0.717) is 6.04 Å². The van der Waals surface area contributed by atoms with Crippen LogP contribution < -0.4 is 15.4 Å². The second-order valence-electron chi connectivity index (χ2n) is 5.91. The van der Waals surface area contributed by atoms with E-state index in [2.05, 4.69) is 24.5 Å². The van der Waals surface area contributed by atoms with Crippen molar-refractivity contribution in [2.75, 3.05) is 17.7 Å². The van der Waals surface area contributed by atoms with Gasteiger partial charge < -0.3 is 15.4 Å². The fraction of sp³-hybridized carbons (Fsp3) is 0.562. The van der Waals surface area contributed by atoms with Crippen LogP contribution in [-0.4, -0.2) is 19.1 Å². The van der Waals surface area contributed by atoms with Crippen molar-refractivity contribution in [3.63, 3.8) is 0 Å². The van der Waals surface area contributed by atoms with Crippen LogP contribution in [0.15, 0.2) is 18.2 Å². The third-order valence-corrected chi connectivity index (χ3v) is 4.00. The summed E-state index contributed by atoms with van der Waals surface area (Å²) >= 11 is 0. The molecule has 1 aliphatic carbocycles. The second-order valence-corrected chi connectivity index (χ2v) is 5.91. The Morgan fingerprint density at radius 3 is 2.60 bits per heavy atom. The SMILES string of the molecule is COc1ccc(NC(C)=O)cc1NC1CC(C(C)C)C1. The Hall–Kier alpha value is -1.71. The van der Waals surface area contributed by atoms with E-state index < -0.39 is 0 Å². The number of nitrogens with one attached hydrogen (secondary N) is 2. The fourth-order valence-electron chi connectivity index (χ4n) is 2.65. The normalized spacial score (nSPS) is 21.2. The van der Waals surface area contributed by atoms with Crippen LogP contribution in [0.3, 0.4) is 0 Å². The molecule has 2 rings (SSSR count). The van der Waals surface area contributed by atoms with Crippen molar-refractivity contribution in [1.82, 2.24) is 0 Å². The molecule has 0 atom stereocenters. The van der Waals surface area contributed by atoms with Gasteiger partial charge in [0.05, 0.1) is 12.8 Å². The number of anilines is 2. The largest absolute Gasteiger partial charge is 0.495 e. The smallest absolute Gasteiger partial charge is 0.221 e. The summed E-state index contributed by atoms with van der Waals surface area (Å²) in [7, 11) is 1.66. The summed E-state index contributed by atoms with van der Waals surface area (Å²) in [5.74, 6) is 2.31. The number of amides is 1. The highest BCUT2D eigenvalue weighted by atomic mass is 16.5. The van der Waals surface area contributed by atoms with Crippen molar-refractivity contribution >= 4 is 17.3 Å². The van der Waals surface area contributed by atoms with Crippen molar-refractivity contribution in [2.45, 2.75) is 39.7 Å². The number of hydrogen-bond donors (Lipinski definition) is 2. The predicted molar refractivity (Wildman–Crippen MR) is 82.3 cm³/mol. The lowest BCUT2D eigenvalue weighted by molar-refractivity contribution is -0.114. The minimum absolute atomic E-state index is 0.0652. The number of benzene rings is 1. The Kier molecular flexibility index (Phi) is 4.53. The molecule has 0 aromatic heterocycles. The highest BCUT2D eigenvalue weighted by molar-refractivity contribution is 5.89. The lowest BCUT2D eigenvalue weighted by atomic mass is 9.73. The molecule has 2 N–H and O–H groups in total. The van der Waals surface area contributed by atoms with Gasteiger partial charge in [0.25, 0.3) is 0 Å². The van der Waals surface area contributed by atoms with E-state index in [4.69, 9.17) is 4.74 Å². The molecule has 4 nitrogen and oxygen atoms in total. The van der Waals surface area contributed by atoms with E-state index in [1.54, 1.807) is 7.11 Å². The van der Waals surface area contributed by atoms with Crippen LogP contribution in [0.5, 0.6) is 5.75 Å². The summed E-state index contributed by atoms with van der Waals surface area (Å²) in [4.78, 5) is 11.1. The van der Waals surface area contributed by atoms with E-state index >= 15 is 0 Å². The quantitative estimate of drug-likeness (QED) is 0.865. The summed E-state index contributed by atoms with van der Waals surface area (Å²) in [6.07, 6.45) is 2.40. The van der Waals surface area contributed by atoms with Gasteiger partial charge in [-0.2, -0.15) is 0 Å². The first kappa shape index (κ1) is 14.7. The van der Waals surface area contributed by atoms with Crippen LogP contribution in [-0.2, 0) is 4.79 Å². The maximum atomic E-state index is 11.1. The number of rotatable bonds is 5. The van der Waals surface area contributed by atoms with Crippen molar-refractivity contribution in [3.05, 3.63) is 18.2 Å². The van der Waals surface area contributed by atoms with Gasteiger partial charge in [0.1, 0.15) is 5.75 Å². The zero-order valence-corrected chi connectivity index (χ0v) is 12.7. The maximum Gasteiger partial charge on any atom is 0.221 e. The van der Waals surface area contributed by atoms with E-state index in [0.717, 1.165) is 29.0 Å². The van der Waals surface area contributed by atoms with Crippen LogP contribution in [0.25, 0.3) is 0 Å². The molecular formula is C16H24N2O2. The van der Waals surface area contributed by atoms with Gasteiger partial charge in [-0.1, -0.05) is 13.8 Å². The minimum atomic E-state index is -0.0652. The standard InChI is InChI=1S/C16H24N2O2/c1-10(2)12-7-14(8-12)18-15-9-13(17-11(3)19)5-6-16(15)20-4/h5-6,9-10,12,14,18H,7-8H2,1-4H3,(H,17,19). The molecule has 1 fully saturated rings. The molecule has 0 bridgehead atoms. The van der Waals surface area contributed by atoms with Crippen LogP contribution in [0.2, 0.25) is 0 Å². The Bertz CT molecular complexity index is 479. The molecule has 1 amide bonds. The molecule has 4 heteroatoms. The molecule has 1 saturated carbocycles. The van der Waals surface area contributed by atoms with Gasteiger partial charge in [0.2, 0.25) is 5.91 Å². The van der Waals surface area contributed by atoms with Crippen molar-refractivity contribution in [2.24, 2.45) is 11.8 Å². The van der Waals surface area contributed by atoms with Crippen LogP contribution in [0.1, 0.15) is 33.6 Å². The molecule has 0 saturated heterocycles. The van der Waals surface area contributed by atoms with Crippen molar-refractivity contribution in [3.8, 4) is 5.75 Å². The molecule has 0 heterocycles. The molecule has 20 heavy (non-hydrogen) atoms. The van der Waals surface area contributed by atoms with Gasteiger partial charge in [-0.3, -0.25) is 4.79 Å². The monoisotopic (exact) mass is 276 g/mol. The highest BCUT2D eigenvalue weighted by Crippen LogP contribution is 2.38. The third kappa shape index (κ3) is 3.44. The summed E-state index contributed by atoms with van der Waals surface area (Å²) in [5, 5.41) is 6.32. The molecule has 0 radical (unpaired) electrons. The van der Waals surface area contributed by atoms with Gasteiger partial charge in [0.15, 0.2) is 0 Å². The average molecular weight is 276 g/mol. The average Bonchev–Trinajstić information content (AvgIpc) is 2.32. The third-order valence-electron chi connectivity index (χ3n) is 4.00. The lowest BCUT2D eigenvalue weighted by Crippen LogP contribution is -2.38. The van der Waals surface area contributed by atoms with Crippen LogP contribution in [0, 0.1) is 11.8 Å². The molecule has 110 valence electrons. The van der Waals surface area contributed by atoms with Crippen molar-refractivity contribution < 1.29 is 9.53 Å². The molecule has 1 aromatic carbocycles. The topological polar surface area (TPSA) is 50.4 Å². The Morgan fingerprint density at radius 1 is 1.35 bits per heavy atom. The molecular weight excluding hydrogens is 252 g/mol. The maximum absolute atomic E-state index is 11.1. The number of ether oxygens (including phenoxy) is 1. The number of carbonyl (C=O) groups is 1.